The maximum atomic E-state index is 2.48. The molecule has 0 N–H and O–H groups in total. The predicted octanol–water partition coefficient (Wildman–Crippen LogP) is 17.5. The van der Waals surface area contributed by atoms with Crippen molar-refractivity contribution in [3.63, 3.8) is 0 Å². The molecule has 0 amide bonds. The Balaban J connectivity index is 0.853. The first-order valence-electron chi connectivity index (χ1n) is 22.9. The Labute approximate surface area is 380 Å². The van der Waals surface area contributed by atoms with Gasteiger partial charge in [-0.3, -0.25) is 0 Å². The fourth-order valence-electron chi connectivity index (χ4n) is 11.7. The van der Waals surface area contributed by atoms with Crippen molar-refractivity contribution in [2.45, 2.75) is 0 Å². The summed E-state index contributed by atoms with van der Waals surface area (Å²) in [7, 11) is 0. The van der Waals surface area contributed by atoms with Gasteiger partial charge in [0.2, 0.25) is 0 Å². The van der Waals surface area contributed by atoms with Crippen molar-refractivity contribution in [2.24, 2.45) is 0 Å². The fraction of sp³-hybridized carbons (Fsp3) is 0. The Bertz CT molecular complexity index is 4360. The van der Waals surface area contributed by atoms with Crippen LogP contribution in [0.15, 0.2) is 231 Å². The van der Waals surface area contributed by atoms with E-state index < -0.39 is 0 Å². The summed E-state index contributed by atoms with van der Waals surface area (Å²) in [6.45, 7) is 0. The molecule has 2 nitrogen and oxygen atoms in total. The number of nitrogens with zero attached hydrogens (tertiary/aromatic N) is 2. The topological polar surface area (TPSA) is 9.86 Å². The highest BCUT2D eigenvalue weighted by Gasteiger charge is 2.23. The Morgan fingerprint density at radius 2 is 0.727 bits per heavy atom. The smallest absolute Gasteiger partial charge is 0.0546 e. The van der Waals surface area contributed by atoms with E-state index in [4.69, 9.17) is 0 Å². The summed E-state index contributed by atoms with van der Waals surface area (Å²) in [6.07, 6.45) is 0. The summed E-state index contributed by atoms with van der Waals surface area (Å²) in [6, 6.07) is 85.8. The molecule has 0 unspecified atom stereocenters. The second kappa shape index (κ2) is 13.4. The standard InChI is InChI=1S/C64H38N2/c1-2-13-46-39(12-1)24-25-43-38-62(49-16-5-6-19-54(49)63(43)46)66-59-23-10-8-18-51(59)57-37-42(29-35-61(57)66)41-28-34-60-56(36-41)50-17-7-9-22-58(50)65(60)44-30-26-40(27-31-44)45-32-33-55-48-15-4-3-14-47(48)53-21-11-20-52(45)64(53)55/h1-38H. The maximum Gasteiger partial charge on any atom is 0.0546 e. The van der Waals surface area contributed by atoms with Gasteiger partial charge in [-0.05, 0) is 137 Å². The zero-order chi connectivity index (χ0) is 43.0. The summed E-state index contributed by atoms with van der Waals surface area (Å²) in [5.74, 6) is 0. The lowest BCUT2D eigenvalue weighted by Gasteiger charge is -2.16. The van der Waals surface area contributed by atoms with Gasteiger partial charge >= 0.3 is 0 Å². The van der Waals surface area contributed by atoms with Gasteiger partial charge in [-0.15, -0.1) is 0 Å². The van der Waals surface area contributed by atoms with Gasteiger partial charge in [0.1, 0.15) is 0 Å². The number of aromatic nitrogens is 2. The van der Waals surface area contributed by atoms with E-state index in [1.54, 1.807) is 0 Å². The molecule has 1 aliphatic rings. The van der Waals surface area contributed by atoms with Crippen LogP contribution in [0, 0.1) is 0 Å². The summed E-state index contributed by atoms with van der Waals surface area (Å²) < 4.78 is 4.91. The van der Waals surface area contributed by atoms with Crippen LogP contribution in [-0.4, -0.2) is 9.13 Å². The monoisotopic (exact) mass is 834 g/mol. The van der Waals surface area contributed by atoms with Crippen molar-refractivity contribution in [1.29, 1.82) is 0 Å². The van der Waals surface area contributed by atoms with Gasteiger partial charge < -0.3 is 9.13 Å². The zero-order valence-electron chi connectivity index (χ0n) is 35.8. The summed E-state index contributed by atoms with van der Waals surface area (Å²) in [5.41, 5.74) is 17.4. The van der Waals surface area contributed by atoms with Crippen LogP contribution in [-0.2, 0) is 0 Å². The number of benzene rings is 12. The SMILES string of the molecule is c1ccc2c(c1)-c1cccc3c(-c4ccc(-n5c6ccccc6c6cc(-c7ccc8c(c7)c7ccccc7n8-c7cc8ccc9ccccc9c8c8ccccc78)ccc65)cc4)ccc-2c13. The van der Waals surface area contributed by atoms with Crippen LogP contribution in [0.5, 0.6) is 0 Å². The average Bonchev–Trinajstić information content (AvgIpc) is 4.02. The molecular weight excluding hydrogens is 797 g/mol. The van der Waals surface area contributed by atoms with Crippen molar-refractivity contribution < 1.29 is 0 Å². The molecule has 0 atom stereocenters. The van der Waals surface area contributed by atoms with Crippen LogP contribution >= 0.6 is 0 Å². The van der Waals surface area contributed by atoms with Gasteiger partial charge in [0.05, 0.1) is 27.8 Å². The third-order valence-corrected chi connectivity index (χ3v) is 14.6. The molecule has 12 aromatic carbocycles. The van der Waals surface area contributed by atoms with Crippen molar-refractivity contribution in [2.75, 3.05) is 0 Å². The molecule has 14 aromatic rings. The van der Waals surface area contributed by atoms with Crippen molar-refractivity contribution in [1.82, 2.24) is 9.13 Å². The molecule has 0 bridgehead atoms. The minimum atomic E-state index is 1.15. The van der Waals surface area contributed by atoms with Gasteiger partial charge in [0.25, 0.3) is 0 Å². The van der Waals surface area contributed by atoms with Gasteiger partial charge in [-0.25, -0.2) is 0 Å². The number of fused-ring (bicyclic) bond motifs is 14. The number of para-hydroxylation sites is 2. The Kier molecular flexibility index (Phi) is 7.25. The molecule has 0 fully saturated rings. The van der Waals surface area contributed by atoms with Gasteiger partial charge in [-0.2, -0.15) is 0 Å². The van der Waals surface area contributed by atoms with Crippen LogP contribution in [0.1, 0.15) is 0 Å². The first-order chi connectivity index (χ1) is 32.7. The van der Waals surface area contributed by atoms with E-state index in [9.17, 15) is 0 Å². The molecule has 0 spiro atoms. The third-order valence-electron chi connectivity index (χ3n) is 14.6. The molecule has 0 aliphatic heterocycles. The second-order valence-electron chi connectivity index (χ2n) is 18.0. The minimum Gasteiger partial charge on any atom is -0.309 e. The van der Waals surface area contributed by atoms with E-state index in [1.165, 1.54) is 137 Å². The average molecular weight is 835 g/mol. The first-order valence-corrected chi connectivity index (χ1v) is 22.9. The number of rotatable bonds is 4. The van der Waals surface area contributed by atoms with Crippen LogP contribution in [0.25, 0.3) is 143 Å². The lowest BCUT2D eigenvalue weighted by Crippen LogP contribution is -1.96. The molecule has 15 rings (SSSR count). The maximum absolute atomic E-state index is 2.48. The van der Waals surface area contributed by atoms with Crippen LogP contribution in [0.2, 0.25) is 0 Å². The largest absolute Gasteiger partial charge is 0.309 e. The highest BCUT2D eigenvalue weighted by molar-refractivity contribution is 6.23. The molecule has 2 heterocycles. The number of hydrogen-bond donors (Lipinski definition) is 0. The number of hydrogen-bond acceptors (Lipinski definition) is 0. The van der Waals surface area contributed by atoms with E-state index in [2.05, 4.69) is 240 Å². The molecule has 0 saturated heterocycles. The summed E-state index contributed by atoms with van der Waals surface area (Å²) >= 11 is 0. The van der Waals surface area contributed by atoms with Gasteiger partial charge in [0.15, 0.2) is 0 Å². The lowest BCUT2D eigenvalue weighted by atomic mass is 9.94. The fourth-order valence-corrected chi connectivity index (χ4v) is 11.7. The third kappa shape index (κ3) is 4.90. The molecular formula is C64H38N2. The molecule has 304 valence electrons. The van der Waals surface area contributed by atoms with Crippen molar-refractivity contribution in [3.8, 4) is 55.9 Å². The summed E-state index contributed by atoms with van der Waals surface area (Å²) in [5, 5.41) is 15.3. The van der Waals surface area contributed by atoms with Gasteiger partial charge in [-0.1, -0.05) is 176 Å². The molecule has 2 aromatic heterocycles. The van der Waals surface area contributed by atoms with E-state index in [-0.39, 0.29) is 0 Å². The Hall–Kier alpha value is -8.72. The van der Waals surface area contributed by atoms with Crippen LogP contribution in [0.3, 0.4) is 0 Å². The zero-order valence-corrected chi connectivity index (χ0v) is 35.8. The molecule has 0 saturated carbocycles. The summed E-state index contributed by atoms with van der Waals surface area (Å²) in [4.78, 5) is 0. The van der Waals surface area contributed by atoms with Gasteiger partial charge in [0, 0.05) is 32.6 Å². The molecule has 1 aliphatic carbocycles. The highest BCUT2D eigenvalue weighted by atomic mass is 15.0. The quantitative estimate of drug-likeness (QED) is 0.156. The Morgan fingerprint density at radius 1 is 0.227 bits per heavy atom. The Morgan fingerprint density at radius 3 is 1.45 bits per heavy atom. The molecule has 0 radical (unpaired) electrons. The normalized spacial score (nSPS) is 12.2. The van der Waals surface area contributed by atoms with E-state index >= 15 is 0 Å². The van der Waals surface area contributed by atoms with Crippen molar-refractivity contribution in [3.05, 3.63) is 231 Å². The predicted molar refractivity (Wildman–Crippen MR) is 280 cm³/mol. The van der Waals surface area contributed by atoms with Crippen molar-refractivity contribution >= 4 is 86.7 Å². The molecule has 2 heteroatoms. The van der Waals surface area contributed by atoms with Crippen LogP contribution < -0.4 is 0 Å². The lowest BCUT2D eigenvalue weighted by molar-refractivity contribution is 1.18. The van der Waals surface area contributed by atoms with E-state index in [1.807, 2.05) is 0 Å². The van der Waals surface area contributed by atoms with E-state index in [0.29, 0.717) is 0 Å². The minimum absolute atomic E-state index is 1.15. The molecule has 66 heavy (non-hydrogen) atoms. The van der Waals surface area contributed by atoms with E-state index in [0.717, 1.165) is 5.69 Å². The second-order valence-corrected chi connectivity index (χ2v) is 18.0. The first kappa shape index (κ1) is 35.7. The highest BCUT2D eigenvalue weighted by Crippen LogP contribution is 2.49. The van der Waals surface area contributed by atoms with Crippen LogP contribution in [0.4, 0.5) is 0 Å².